The summed E-state index contributed by atoms with van der Waals surface area (Å²) in [5.74, 6) is 0.342. The molecule has 2 N–H and O–H groups in total. The van der Waals surface area contributed by atoms with E-state index in [2.05, 4.69) is 23.3 Å². The number of carbonyl (C=O) groups excluding carboxylic acids is 1. The van der Waals surface area contributed by atoms with Crippen LogP contribution in [0.15, 0.2) is 0 Å². The first-order valence-corrected chi connectivity index (χ1v) is 5.07. The maximum atomic E-state index is 11.0. The van der Waals surface area contributed by atoms with Crippen LogP contribution in [0.3, 0.4) is 0 Å². The molecular formula is C8H16N2OS. The first kappa shape index (κ1) is 9.86. The summed E-state index contributed by atoms with van der Waals surface area (Å²) in [7, 11) is 0. The molecule has 12 heavy (non-hydrogen) atoms. The molecule has 0 spiro atoms. The van der Waals surface area contributed by atoms with E-state index in [1.54, 1.807) is 0 Å². The first-order chi connectivity index (χ1) is 5.83. The quantitative estimate of drug-likeness (QED) is 0.541. The fourth-order valence-corrected chi connectivity index (χ4v) is 1.53. The third-order valence-electron chi connectivity index (χ3n) is 2.08. The Morgan fingerprint density at radius 1 is 1.50 bits per heavy atom. The summed E-state index contributed by atoms with van der Waals surface area (Å²) in [4.78, 5) is 11.0. The summed E-state index contributed by atoms with van der Waals surface area (Å²) in [6.45, 7) is 2.09. The molecule has 3 nitrogen and oxygen atoms in total. The van der Waals surface area contributed by atoms with E-state index >= 15 is 0 Å². The molecule has 1 atom stereocenters. The minimum Gasteiger partial charge on any atom is -0.353 e. The van der Waals surface area contributed by atoms with Crippen molar-refractivity contribution in [2.24, 2.45) is 0 Å². The number of thiol groups is 1. The van der Waals surface area contributed by atoms with Crippen molar-refractivity contribution >= 4 is 18.5 Å². The van der Waals surface area contributed by atoms with Gasteiger partial charge in [-0.05, 0) is 32.4 Å². The van der Waals surface area contributed by atoms with E-state index in [-0.39, 0.29) is 5.91 Å². The second-order valence-corrected chi connectivity index (χ2v) is 3.42. The van der Waals surface area contributed by atoms with Crippen LogP contribution in [0.5, 0.6) is 0 Å². The number of hydrogen-bond acceptors (Lipinski definition) is 3. The second kappa shape index (κ2) is 5.43. The topological polar surface area (TPSA) is 41.1 Å². The number of rotatable bonds is 2. The lowest BCUT2D eigenvalue weighted by atomic mass is 10.1. The largest absolute Gasteiger partial charge is 0.353 e. The summed E-state index contributed by atoms with van der Waals surface area (Å²) in [5, 5.41) is 6.25. The average Bonchev–Trinajstić information content (AvgIpc) is 2.33. The predicted octanol–water partition coefficient (Wildman–Crippen LogP) is 0.174. The van der Waals surface area contributed by atoms with E-state index in [1.807, 2.05) is 0 Å². The first-order valence-electron chi connectivity index (χ1n) is 4.44. The van der Waals surface area contributed by atoms with Crippen LogP contribution < -0.4 is 10.6 Å². The molecule has 0 bridgehead atoms. The summed E-state index contributed by atoms with van der Waals surface area (Å²) < 4.78 is 0. The van der Waals surface area contributed by atoms with Gasteiger partial charge in [-0.3, -0.25) is 4.79 Å². The van der Waals surface area contributed by atoms with Gasteiger partial charge in [0.25, 0.3) is 0 Å². The van der Waals surface area contributed by atoms with Gasteiger partial charge < -0.3 is 10.6 Å². The number of amides is 1. The van der Waals surface area contributed by atoms with Gasteiger partial charge >= 0.3 is 0 Å². The van der Waals surface area contributed by atoms with E-state index < -0.39 is 0 Å². The zero-order valence-corrected chi connectivity index (χ0v) is 8.07. The van der Waals surface area contributed by atoms with E-state index in [0.29, 0.717) is 11.8 Å². The van der Waals surface area contributed by atoms with Crippen LogP contribution in [0.25, 0.3) is 0 Å². The summed E-state index contributed by atoms with van der Waals surface area (Å²) in [5.41, 5.74) is 0. The van der Waals surface area contributed by atoms with Crippen molar-refractivity contribution in [2.75, 3.05) is 18.8 Å². The molecule has 4 heteroatoms. The standard InChI is InChI=1S/C8H16N2OS/c11-8(6-12)10-7-2-1-4-9-5-3-7/h7,9,12H,1-6H2,(H,10,11). The van der Waals surface area contributed by atoms with E-state index in [0.717, 1.165) is 32.4 Å². The van der Waals surface area contributed by atoms with Crippen LogP contribution >= 0.6 is 12.6 Å². The summed E-state index contributed by atoms with van der Waals surface area (Å²) >= 11 is 3.91. The maximum Gasteiger partial charge on any atom is 0.229 e. The van der Waals surface area contributed by atoms with Crippen LogP contribution in [0.4, 0.5) is 0 Å². The molecule has 1 rings (SSSR count). The fourth-order valence-electron chi connectivity index (χ4n) is 1.44. The molecular weight excluding hydrogens is 172 g/mol. The molecule has 1 aliphatic rings. The van der Waals surface area contributed by atoms with Crippen molar-refractivity contribution in [2.45, 2.75) is 25.3 Å². The Balaban J connectivity index is 2.24. The molecule has 0 aromatic heterocycles. The van der Waals surface area contributed by atoms with Crippen molar-refractivity contribution in [3.63, 3.8) is 0 Å². The molecule has 0 radical (unpaired) electrons. The normalized spacial score (nSPS) is 24.6. The van der Waals surface area contributed by atoms with Gasteiger partial charge in [-0.25, -0.2) is 0 Å². The summed E-state index contributed by atoms with van der Waals surface area (Å²) in [6.07, 6.45) is 3.28. The van der Waals surface area contributed by atoms with Gasteiger partial charge in [0.1, 0.15) is 0 Å². The van der Waals surface area contributed by atoms with Gasteiger partial charge in [0.05, 0.1) is 5.75 Å². The minimum atomic E-state index is 0.0465. The Morgan fingerprint density at radius 2 is 2.33 bits per heavy atom. The lowest BCUT2D eigenvalue weighted by Crippen LogP contribution is -2.36. The van der Waals surface area contributed by atoms with Gasteiger partial charge in [0.2, 0.25) is 5.91 Å². The molecule has 0 aliphatic carbocycles. The van der Waals surface area contributed by atoms with E-state index in [4.69, 9.17) is 0 Å². The number of hydrogen-bond donors (Lipinski definition) is 3. The number of carbonyl (C=O) groups is 1. The Morgan fingerprint density at radius 3 is 3.08 bits per heavy atom. The zero-order valence-electron chi connectivity index (χ0n) is 7.18. The Bertz CT molecular complexity index is 144. The smallest absolute Gasteiger partial charge is 0.229 e. The molecule has 1 heterocycles. The highest BCUT2D eigenvalue weighted by atomic mass is 32.1. The number of nitrogens with one attached hydrogen (secondary N) is 2. The molecule has 1 aliphatic heterocycles. The van der Waals surface area contributed by atoms with Crippen molar-refractivity contribution in [3.05, 3.63) is 0 Å². The fraction of sp³-hybridized carbons (Fsp3) is 0.875. The highest BCUT2D eigenvalue weighted by Crippen LogP contribution is 2.04. The van der Waals surface area contributed by atoms with Gasteiger partial charge in [-0.2, -0.15) is 12.6 Å². The Kier molecular flexibility index (Phi) is 4.46. The highest BCUT2D eigenvalue weighted by Gasteiger charge is 2.12. The molecule has 1 fully saturated rings. The van der Waals surface area contributed by atoms with Gasteiger partial charge in [-0.1, -0.05) is 0 Å². The zero-order chi connectivity index (χ0) is 8.81. The van der Waals surface area contributed by atoms with Crippen molar-refractivity contribution in [3.8, 4) is 0 Å². The van der Waals surface area contributed by atoms with Crippen LogP contribution in [0.2, 0.25) is 0 Å². The second-order valence-electron chi connectivity index (χ2n) is 3.10. The van der Waals surface area contributed by atoms with E-state index in [9.17, 15) is 4.79 Å². The minimum absolute atomic E-state index is 0.0465. The molecule has 0 saturated carbocycles. The van der Waals surface area contributed by atoms with Gasteiger partial charge in [-0.15, -0.1) is 0 Å². The summed E-state index contributed by atoms with van der Waals surface area (Å²) in [6, 6.07) is 0.361. The molecule has 70 valence electrons. The van der Waals surface area contributed by atoms with Gasteiger partial charge in [0.15, 0.2) is 0 Å². The predicted molar refractivity (Wildman–Crippen MR) is 52.5 cm³/mol. The van der Waals surface area contributed by atoms with Gasteiger partial charge in [0, 0.05) is 6.04 Å². The maximum absolute atomic E-state index is 11.0. The van der Waals surface area contributed by atoms with Crippen molar-refractivity contribution in [1.29, 1.82) is 0 Å². The van der Waals surface area contributed by atoms with Crippen LogP contribution in [0.1, 0.15) is 19.3 Å². The molecule has 0 aromatic carbocycles. The highest BCUT2D eigenvalue weighted by molar-refractivity contribution is 7.81. The monoisotopic (exact) mass is 188 g/mol. The third-order valence-corrected chi connectivity index (χ3v) is 2.37. The van der Waals surface area contributed by atoms with E-state index in [1.165, 1.54) is 0 Å². The SMILES string of the molecule is O=C(CS)NC1CCCNCC1. The van der Waals surface area contributed by atoms with Crippen molar-refractivity contribution < 1.29 is 4.79 Å². The van der Waals surface area contributed by atoms with Crippen LogP contribution in [-0.4, -0.2) is 30.8 Å². The molecule has 0 aromatic rings. The third kappa shape index (κ3) is 3.45. The van der Waals surface area contributed by atoms with Crippen LogP contribution in [0, 0.1) is 0 Å². The Labute approximate surface area is 78.7 Å². The molecule has 1 unspecified atom stereocenters. The molecule has 1 saturated heterocycles. The average molecular weight is 188 g/mol. The lowest BCUT2D eigenvalue weighted by molar-refractivity contribution is -0.119. The Hall–Kier alpha value is -0.220. The van der Waals surface area contributed by atoms with Crippen LogP contribution in [-0.2, 0) is 4.79 Å². The lowest BCUT2D eigenvalue weighted by Gasteiger charge is -2.14. The molecule has 1 amide bonds. The van der Waals surface area contributed by atoms with Crippen molar-refractivity contribution in [1.82, 2.24) is 10.6 Å².